The molecule has 0 aliphatic heterocycles. The summed E-state index contributed by atoms with van der Waals surface area (Å²) in [6.07, 6.45) is 11.7. The Bertz CT molecular complexity index is 694. The fraction of sp³-hybridized carbons (Fsp3) is 0.615. The van der Waals surface area contributed by atoms with Gasteiger partial charge in [0.25, 0.3) is 0 Å². The highest BCUT2D eigenvalue weighted by molar-refractivity contribution is 5.87. The maximum Gasteiger partial charge on any atom is 0.331 e. The Labute approximate surface area is 182 Å². The molecular weight excluding hydrogens is 376 g/mol. The molecule has 166 valence electrons. The first-order valence-corrected chi connectivity index (χ1v) is 11.5. The van der Waals surface area contributed by atoms with E-state index < -0.39 is 5.60 Å². The van der Waals surface area contributed by atoms with Crippen molar-refractivity contribution >= 4 is 18.0 Å². The molecule has 1 fully saturated rings. The van der Waals surface area contributed by atoms with E-state index >= 15 is 0 Å². The van der Waals surface area contributed by atoms with Gasteiger partial charge >= 0.3 is 11.9 Å². The fourth-order valence-electron chi connectivity index (χ4n) is 3.97. The zero-order valence-electron chi connectivity index (χ0n) is 19.1. The van der Waals surface area contributed by atoms with Gasteiger partial charge in [0.2, 0.25) is 0 Å². The average Bonchev–Trinajstić information content (AvgIpc) is 2.72. The Balaban J connectivity index is 1.82. The minimum Gasteiger partial charge on any atom is -0.462 e. The van der Waals surface area contributed by atoms with Crippen molar-refractivity contribution in [3.63, 3.8) is 0 Å². The summed E-state index contributed by atoms with van der Waals surface area (Å²) in [6, 6.07) is 8.39. The van der Waals surface area contributed by atoms with Crippen molar-refractivity contribution in [1.29, 1.82) is 0 Å². The van der Waals surface area contributed by atoms with Crippen LogP contribution in [0, 0.1) is 0 Å². The van der Waals surface area contributed by atoms with E-state index in [2.05, 4.69) is 31.2 Å². The smallest absolute Gasteiger partial charge is 0.331 e. The fourth-order valence-corrected chi connectivity index (χ4v) is 3.97. The predicted molar refractivity (Wildman–Crippen MR) is 121 cm³/mol. The molecule has 0 radical (unpaired) electrons. The molecule has 1 aromatic rings. The number of esters is 2. The van der Waals surface area contributed by atoms with Crippen LogP contribution in [-0.4, -0.2) is 23.6 Å². The molecule has 1 saturated carbocycles. The molecule has 0 aromatic heterocycles. The first-order chi connectivity index (χ1) is 14.3. The van der Waals surface area contributed by atoms with E-state index in [9.17, 15) is 9.59 Å². The molecular formula is C26H38O4. The summed E-state index contributed by atoms with van der Waals surface area (Å²) in [6.45, 7) is 8.05. The summed E-state index contributed by atoms with van der Waals surface area (Å²) < 4.78 is 11.1. The van der Waals surface area contributed by atoms with Crippen molar-refractivity contribution in [3.05, 3.63) is 41.5 Å². The lowest BCUT2D eigenvalue weighted by Gasteiger charge is -2.28. The van der Waals surface area contributed by atoms with E-state index in [4.69, 9.17) is 9.47 Å². The van der Waals surface area contributed by atoms with Gasteiger partial charge in [0.15, 0.2) is 0 Å². The van der Waals surface area contributed by atoms with Crippen LogP contribution in [0.15, 0.2) is 30.3 Å². The lowest BCUT2D eigenvalue weighted by atomic mass is 9.82. The van der Waals surface area contributed by atoms with Gasteiger partial charge < -0.3 is 9.47 Å². The van der Waals surface area contributed by atoms with E-state index in [1.165, 1.54) is 11.6 Å². The minimum absolute atomic E-state index is 0.0654. The molecule has 0 N–H and O–H groups in total. The maximum atomic E-state index is 12.1. The van der Waals surface area contributed by atoms with Crippen LogP contribution in [0.2, 0.25) is 0 Å². The zero-order valence-corrected chi connectivity index (χ0v) is 19.1. The van der Waals surface area contributed by atoms with Crippen molar-refractivity contribution in [3.8, 4) is 0 Å². The second kappa shape index (κ2) is 11.9. The zero-order chi connectivity index (χ0) is 22.0. The lowest BCUT2D eigenvalue weighted by molar-refractivity contribution is -0.151. The third kappa shape index (κ3) is 8.33. The molecule has 0 atom stereocenters. The van der Waals surface area contributed by atoms with Gasteiger partial charge in [0.1, 0.15) is 11.7 Å². The monoisotopic (exact) mass is 414 g/mol. The SMILES string of the molecule is CCCCC(C)(C)OC(=O)/C=C/c1ccc(C2CCC(OC(=O)CCC)CC2)cc1. The third-order valence-corrected chi connectivity index (χ3v) is 5.76. The van der Waals surface area contributed by atoms with Crippen LogP contribution < -0.4 is 0 Å². The maximum absolute atomic E-state index is 12.1. The average molecular weight is 415 g/mol. The Morgan fingerprint density at radius 3 is 2.30 bits per heavy atom. The van der Waals surface area contributed by atoms with E-state index in [1.807, 2.05) is 26.8 Å². The summed E-state index contributed by atoms with van der Waals surface area (Å²) in [4.78, 5) is 23.8. The summed E-state index contributed by atoms with van der Waals surface area (Å²) in [5.74, 6) is 0.147. The topological polar surface area (TPSA) is 52.6 Å². The van der Waals surface area contributed by atoms with Gasteiger partial charge in [-0.05, 0) is 81.9 Å². The third-order valence-electron chi connectivity index (χ3n) is 5.76. The lowest BCUT2D eigenvalue weighted by Crippen LogP contribution is -2.27. The van der Waals surface area contributed by atoms with Gasteiger partial charge in [-0.15, -0.1) is 0 Å². The molecule has 0 spiro atoms. The first kappa shape index (κ1) is 24.2. The van der Waals surface area contributed by atoms with Crippen LogP contribution in [0.25, 0.3) is 6.08 Å². The van der Waals surface area contributed by atoms with Crippen molar-refractivity contribution in [1.82, 2.24) is 0 Å². The van der Waals surface area contributed by atoms with Crippen molar-refractivity contribution < 1.29 is 19.1 Å². The number of benzene rings is 1. The number of hydrogen-bond donors (Lipinski definition) is 0. The molecule has 0 amide bonds. The normalized spacial score (nSPS) is 19.6. The Morgan fingerprint density at radius 2 is 1.70 bits per heavy atom. The second-order valence-electron chi connectivity index (χ2n) is 9.00. The van der Waals surface area contributed by atoms with Crippen LogP contribution in [0.3, 0.4) is 0 Å². The largest absolute Gasteiger partial charge is 0.462 e. The quantitative estimate of drug-likeness (QED) is 0.320. The second-order valence-corrected chi connectivity index (χ2v) is 9.00. The Hall–Kier alpha value is -2.10. The van der Waals surface area contributed by atoms with Crippen molar-refractivity contribution in [2.75, 3.05) is 0 Å². The summed E-state index contributed by atoms with van der Waals surface area (Å²) in [7, 11) is 0. The standard InChI is InChI=1S/C26H38O4/c1-5-7-19-26(3,4)30-25(28)18-11-20-9-12-21(13-10-20)22-14-16-23(17-15-22)29-24(27)8-6-2/h9-13,18,22-23H,5-8,14-17,19H2,1-4H3/b18-11+. The predicted octanol–water partition coefficient (Wildman–Crippen LogP) is 6.58. The Kier molecular flexibility index (Phi) is 9.61. The van der Waals surface area contributed by atoms with E-state index in [-0.39, 0.29) is 18.0 Å². The highest BCUT2D eigenvalue weighted by Crippen LogP contribution is 2.34. The van der Waals surface area contributed by atoms with Crippen LogP contribution in [0.4, 0.5) is 0 Å². The highest BCUT2D eigenvalue weighted by Gasteiger charge is 2.24. The number of unbranched alkanes of at least 4 members (excludes halogenated alkanes) is 1. The molecule has 0 heterocycles. The molecule has 30 heavy (non-hydrogen) atoms. The summed E-state index contributed by atoms with van der Waals surface area (Å²) >= 11 is 0. The first-order valence-electron chi connectivity index (χ1n) is 11.5. The molecule has 0 saturated heterocycles. The van der Waals surface area contributed by atoms with Crippen LogP contribution in [0.5, 0.6) is 0 Å². The highest BCUT2D eigenvalue weighted by atomic mass is 16.6. The Morgan fingerprint density at radius 1 is 1.03 bits per heavy atom. The van der Waals surface area contributed by atoms with Crippen LogP contribution >= 0.6 is 0 Å². The van der Waals surface area contributed by atoms with E-state index in [1.54, 1.807) is 0 Å². The molecule has 1 aliphatic carbocycles. The van der Waals surface area contributed by atoms with Gasteiger partial charge in [0.05, 0.1) is 0 Å². The number of carbonyl (C=O) groups excluding carboxylic acids is 2. The van der Waals surface area contributed by atoms with Gasteiger partial charge in [-0.2, -0.15) is 0 Å². The number of hydrogen-bond acceptors (Lipinski definition) is 4. The van der Waals surface area contributed by atoms with Gasteiger partial charge in [0, 0.05) is 12.5 Å². The minimum atomic E-state index is -0.426. The number of carbonyl (C=O) groups is 2. The number of rotatable bonds is 10. The molecule has 1 aromatic carbocycles. The van der Waals surface area contributed by atoms with Gasteiger partial charge in [-0.3, -0.25) is 4.79 Å². The molecule has 1 aliphatic rings. The summed E-state index contributed by atoms with van der Waals surface area (Å²) in [5.41, 5.74) is 1.88. The van der Waals surface area contributed by atoms with E-state index in [0.29, 0.717) is 12.3 Å². The summed E-state index contributed by atoms with van der Waals surface area (Å²) in [5, 5.41) is 0. The van der Waals surface area contributed by atoms with Gasteiger partial charge in [-0.1, -0.05) is 44.5 Å². The van der Waals surface area contributed by atoms with Crippen molar-refractivity contribution in [2.45, 2.75) is 103 Å². The molecule has 0 unspecified atom stereocenters. The molecule has 4 nitrogen and oxygen atoms in total. The van der Waals surface area contributed by atoms with E-state index in [0.717, 1.165) is 56.9 Å². The molecule has 2 rings (SSSR count). The van der Waals surface area contributed by atoms with Crippen molar-refractivity contribution in [2.24, 2.45) is 0 Å². The number of ether oxygens (including phenoxy) is 2. The molecule has 0 bridgehead atoms. The van der Waals surface area contributed by atoms with Crippen LogP contribution in [0.1, 0.15) is 103 Å². The van der Waals surface area contributed by atoms with Gasteiger partial charge in [-0.25, -0.2) is 4.79 Å². The molecule has 4 heteroatoms. The van der Waals surface area contributed by atoms with Crippen LogP contribution in [-0.2, 0) is 19.1 Å².